The molecule has 0 saturated heterocycles. The fraction of sp³-hybridized carbons (Fsp3) is 0.200. The van der Waals surface area contributed by atoms with E-state index in [0.717, 1.165) is 5.69 Å². The van der Waals surface area contributed by atoms with E-state index in [0.29, 0.717) is 0 Å². The van der Waals surface area contributed by atoms with Crippen LogP contribution in [0, 0.1) is 6.07 Å². The molecule has 0 spiro atoms. The van der Waals surface area contributed by atoms with E-state index in [4.69, 9.17) is 0 Å². The first-order valence-corrected chi connectivity index (χ1v) is 5.57. The van der Waals surface area contributed by atoms with E-state index < -0.39 is 0 Å². The van der Waals surface area contributed by atoms with Gasteiger partial charge in [0, 0.05) is 0 Å². The number of aliphatic imine (C=N–C) groups is 1. The van der Waals surface area contributed by atoms with Crippen molar-refractivity contribution in [3.8, 4) is 0 Å². The molecule has 1 nitrogen and oxygen atoms in total. The summed E-state index contributed by atoms with van der Waals surface area (Å²) in [7, 11) is 0. The molecule has 1 aromatic carbocycles. The standard InChI is InChI=1S/C8H6N.C2H6.W/c1-2-9-8-6-4-3-5-7-8;1-2;/h1-6H;1-2H3;/q-1;;. The van der Waals surface area contributed by atoms with Crippen molar-refractivity contribution in [1.29, 1.82) is 0 Å². The average molecular weight is 330 g/mol. The fourth-order valence-electron chi connectivity index (χ4n) is 0.575. The zero-order valence-electron chi connectivity index (χ0n) is 7.32. The van der Waals surface area contributed by atoms with E-state index in [-0.39, 0.29) is 0 Å². The summed E-state index contributed by atoms with van der Waals surface area (Å²) in [5.41, 5.74) is 0.889. The van der Waals surface area contributed by atoms with Crippen LogP contribution in [0.2, 0.25) is 0 Å². The van der Waals surface area contributed by atoms with Crippen LogP contribution in [0.5, 0.6) is 0 Å². The van der Waals surface area contributed by atoms with Gasteiger partial charge < -0.3 is 0 Å². The van der Waals surface area contributed by atoms with Gasteiger partial charge in [0.05, 0.1) is 0 Å². The van der Waals surface area contributed by atoms with Crippen molar-refractivity contribution < 1.29 is 19.4 Å². The molecule has 0 aromatic heterocycles. The van der Waals surface area contributed by atoms with Gasteiger partial charge in [-0.2, -0.15) is 0 Å². The molecule has 0 saturated carbocycles. The van der Waals surface area contributed by atoms with Crippen molar-refractivity contribution in [2.24, 2.45) is 4.99 Å². The minimum absolute atomic E-state index is 0.889. The van der Waals surface area contributed by atoms with Crippen molar-refractivity contribution in [2.45, 2.75) is 13.8 Å². The molecule has 0 aliphatic rings. The molecule has 0 amide bonds. The second kappa shape index (κ2) is 8.54. The van der Waals surface area contributed by atoms with Crippen LogP contribution < -0.4 is 0 Å². The first kappa shape index (κ1) is 11.4. The van der Waals surface area contributed by atoms with E-state index in [1.165, 1.54) is 19.4 Å². The van der Waals surface area contributed by atoms with Gasteiger partial charge in [0.2, 0.25) is 0 Å². The molecule has 0 aliphatic carbocycles. The first-order valence-electron chi connectivity index (χ1n) is 3.88. The summed E-state index contributed by atoms with van der Waals surface area (Å²) in [4.78, 5) is 4.11. The molecule has 0 atom stereocenters. The Morgan fingerprint density at radius 2 is 2.17 bits per heavy atom. The predicted octanol–water partition coefficient (Wildman–Crippen LogP) is 2.56. The van der Waals surface area contributed by atoms with Crippen molar-refractivity contribution in [3.63, 3.8) is 0 Å². The zero-order chi connectivity index (χ0) is 9.23. The summed E-state index contributed by atoms with van der Waals surface area (Å²) in [5, 5.41) is 0. The molecule has 2 heteroatoms. The number of benzene rings is 1. The summed E-state index contributed by atoms with van der Waals surface area (Å²) < 4.78 is 1.97. The average Bonchev–Trinajstić information content (AvgIpc) is 2.19. The molecule has 0 aliphatic heterocycles. The van der Waals surface area contributed by atoms with Crippen LogP contribution in [0.1, 0.15) is 13.8 Å². The third-order valence-electron chi connectivity index (χ3n) is 0.967. The van der Waals surface area contributed by atoms with Gasteiger partial charge in [-0.1, -0.05) is 13.8 Å². The minimum atomic E-state index is 0.889. The number of para-hydroxylation sites is 1. The van der Waals surface area contributed by atoms with Gasteiger partial charge >= 0.3 is 71.0 Å². The third-order valence-corrected chi connectivity index (χ3v) is 1.40. The van der Waals surface area contributed by atoms with Gasteiger partial charge in [-0.15, -0.1) is 0 Å². The number of rotatable bonds is 2. The SMILES string of the molecule is CC.[W]=[CH]C=Nc1[c-]cccc1. The summed E-state index contributed by atoms with van der Waals surface area (Å²) in [6.07, 6.45) is 1.79. The Labute approximate surface area is 84.9 Å². The van der Waals surface area contributed by atoms with Crippen LogP contribution >= 0.6 is 0 Å². The fourth-order valence-corrected chi connectivity index (χ4v) is 0.794. The monoisotopic (exact) mass is 330 g/mol. The normalized spacial score (nSPS) is 8.83. The molecule has 1 aromatic rings. The number of hydrogen-bond acceptors (Lipinski definition) is 1. The van der Waals surface area contributed by atoms with Crippen molar-refractivity contribution in [2.75, 3.05) is 0 Å². The van der Waals surface area contributed by atoms with Gasteiger partial charge in [-0.25, -0.2) is 0 Å². The Balaban J connectivity index is 0.000000561. The predicted molar refractivity (Wildman–Crippen MR) is 50.8 cm³/mol. The summed E-state index contributed by atoms with van der Waals surface area (Å²) in [5.74, 6) is 0. The van der Waals surface area contributed by atoms with Crippen LogP contribution in [0.4, 0.5) is 5.69 Å². The van der Waals surface area contributed by atoms with E-state index in [9.17, 15) is 0 Å². The Bertz CT molecular complexity index is 229. The van der Waals surface area contributed by atoms with Crippen LogP contribution in [-0.4, -0.2) is 10.6 Å². The van der Waals surface area contributed by atoms with E-state index >= 15 is 0 Å². The topological polar surface area (TPSA) is 12.4 Å². The Hall–Kier alpha value is -0.552. The molecular weight excluding hydrogens is 318 g/mol. The maximum absolute atomic E-state index is 4.11. The van der Waals surface area contributed by atoms with Gasteiger partial charge in [0.25, 0.3) is 0 Å². The molecule has 12 heavy (non-hydrogen) atoms. The Kier molecular flexibility index (Phi) is 8.15. The molecule has 0 N–H and O–H groups in total. The quantitative estimate of drug-likeness (QED) is 0.584. The van der Waals surface area contributed by atoms with Crippen LogP contribution in [0.3, 0.4) is 0 Å². The molecule has 0 radical (unpaired) electrons. The van der Waals surface area contributed by atoms with Crippen molar-refractivity contribution in [3.05, 3.63) is 30.3 Å². The van der Waals surface area contributed by atoms with Crippen LogP contribution in [-0.2, 0) is 19.4 Å². The second-order valence-electron chi connectivity index (χ2n) is 1.66. The second-order valence-corrected chi connectivity index (χ2v) is 2.64. The molecular formula is C10H12NW-. The van der Waals surface area contributed by atoms with Gasteiger partial charge in [-0.05, 0) is 0 Å². The van der Waals surface area contributed by atoms with E-state index in [1.54, 1.807) is 6.21 Å². The van der Waals surface area contributed by atoms with E-state index in [2.05, 4.69) is 11.1 Å². The molecule has 0 bridgehead atoms. The molecule has 1 rings (SSSR count). The zero-order valence-corrected chi connectivity index (χ0v) is 10.3. The Morgan fingerprint density at radius 3 is 2.67 bits per heavy atom. The van der Waals surface area contributed by atoms with Crippen LogP contribution in [0.15, 0.2) is 29.3 Å². The molecule has 0 heterocycles. The molecule has 0 unspecified atom stereocenters. The van der Waals surface area contributed by atoms with Crippen molar-refractivity contribution in [1.82, 2.24) is 0 Å². The van der Waals surface area contributed by atoms with Gasteiger partial charge in [-0.3, -0.25) is 0 Å². The van der Waals surface area contributed by atoms with Crippen LogP contribution in [0.25, 0.3) is 0 Å². The summed E-state index contributed by atoms with van der Waals surface area (Å²) in [6.45, 7) is 4.00. The third kappa shape index (κ3) is 5.15. The maximum atomic E-state index is 4.11. The summed E-state index contributed by atoms with van der Waals surface area (Å²) in [6, 6.07) is 10.7. The van der Waals surface area contributed by atoms with E-state index in [1.807, 2.05) is 42.5 Å². The van der Waals surface area contributed by atoms with Crippen molar-refractivity contribution >= 4 is 16.3 Å². The number of hydrogen-bond donors (Lipinski definition) is 0. The molecule has 0 fully saturated rings. The Morgan fingerprint density at radius 1 is 1.42 bits per heavy atom. The molecule has 64 valence electrons. The first-order chi connectivity index (χ1) is 5.93. The van der Waals surface area contributed by atoms with Gasteiger partial charge in [0.15, 0.2) is 0 Å². The van der Waals surface area contributed by atoms with Gasteiger partial charge in [0.1, 0.15) is 0 Å². The summed E-state index contributed by atoms with van der Waals surface area (Å²) >= 11 is 1.41. The number of nitrogens with zero attached hydrogens (tertiary/aromatic N) is 1.